The van der Waals surface area contributed by atoms with Crippen LogP contribution < -0.4 is 5.32 Å². The minimum absolute atomic E-state index is 0.473. The number of likely N-dealkylation sites (N-methyl/N-ethyl adjacent to an activating group) is 1. The van der Waals surface area contributed by atoms with Gasteiger partial charge in [0.25, 0.3) is 0 Å². The fourth-order valence-corrected chi connectivity index (χ4v) is 1.47. The number of aliphatic hydroxyl groups excluding tert-OH is 1. The molecule has 0 spiro atoms. The first-order valence-electron chi connectivity index (χ1n) is 5.38. The highest BCUT2D eigenvalue weighted by atomic mass is 35.5. The first-order chi connectivity index (χ1) is 7.59. The van der Waals surface area contributed by atoms with Gasteiger partial charge < -0.3 is 15.3 Å². The highest BCUT2D eigenvalue weighted by Crippen LogP contribution is 2.15. The van der Waals surface area contributed by atoms with Gasteiger partial charge in [0.15, 0.2) is 0 Å². The van der Waals surface area contributed by atoms with Crippen molar-refractivity contribution < 1.29 is 5.11 Å². The van der Waals surface area contributed by atoms with E-state index in [1.807, 2.05) is 26.2 Å². The number of nitrogens with zero attached hydrogens (tertiary/aromatic N) is 1. The van der Waals surface area contributed by atoms with Gasteiger partial charge in [-0.1, -0.05) is 23.7 Å². The Balaban J connectivity index is 2.29. The molecule has 3 nitrogen and oxygen atoms in total. The third-order valence-electron chi connectivity index (χ3n) is 2.33. The summed E-state index contributed by atoms with van der Waals surface area (Å²) < 4.78 is 0. The van der Waals surface area contributed by atoms with Gasteiger partial charge in [0.1, 0.15) is 0 Å². The van der Waals surface area contributed by atoms with Gasteiger partial charge in [-0.3, -0.25) is 0 Å². The molecule has 90 valence electrons. The van der Waals surface area contributed by atoms with Gasteiger partial charge in [0.05, 0.1) is 6.10 Å². The van der Waals surface area contributed by atoms with Crippen LogP contribution in [0, 0.1) is 0 Å². The lowest BCUT2D eigenvalue weighted by Gasteiger charge is -2.14. The largest absolute Gasteiger partial charge is 0.387 e. The van der Waals surface area contributed by atoms with Crippen molar-refractivity contribution in [3.63, 3.8) is 0 Å². The normalized spacial score (nSPS) is 13.1. The van der Waals surface area contributed by atoms with E-state index in [2.05, 4.69) is 10.2 Å². The van der Waals surface area contributed by atoms with Crippen molar-refractivity contribution in [3.05, 3.63) is 34.9 Å². The lowest BCUT2D eigenvalue weighted by molar-refractivity contribution is 0.173. The van der Waals surface area contributed by atoms with E-state index in [0.717, 1.165) is 18.7 Å². The van der Waals surface area contributed by atoms with Crippen LogP contribution >= 0.6 is 11.6 Å². The van der Waals surface area contributed by atoms with Crippen LogP contribution in [0.25, 0.3) is 0 Å². The average molecular weight is 243 g/mol. The summed E-state index contributed by atoms with van der Waals surface area (Å²) in [5, 5.41) is 13.8. The summed E-state index contributed by atoms with van der Waals surface area (Å²) in [6.45, 7) is 2.40. The summed E-state index contributed by atoms with van der Waals surface area (Å²) in [6, 6.07) is 7.28. The zero-order chi connectivity index (χ0) is 12.0. The first kappa shape index (κ1) is 13.5. The minimum atomic E-state index is -0.473. The molecule has 0 saturated carbocycles. The Morgan fingerprint density at radius 2 is 1.94 bits per heavy atom. The second-order valence-electron chi connectivity index (χ2n) is 4.07. The topological polar surface area (TPSA) is 35.5 Å². The summed E-state index contributed by atoms with van der Waals surface area (Å²) in [4.78, 5) is 2.10. The Morgan fingerprint density at radius 1 is 1.31 bits per heavy atom. The van der Waals surface area contributed by atoms with Crippen molar-refractivity contribution in [1.82, 2.24) is 10.2 Å². The van der Waals surface area contributed by atoms with Crippen LogP contribution in [0.3, 0.4) is 0 Å². The number of benzene rings is 1. The summed E-state index contributed by atoms with van der Waals surface area (Å²) in [6.07, 6.45) is -0.473. The van der Waals surface area contributed by atoms with Crippen molar-refractivity contribution in [1.29, 1.82) is 0 Å². The quantitative estimate of drug-likeness (QED) is 0.743. The average Bonchev–Trinajstić information content (AvgIpc) is 2.25. The van der Waals surface area contributed by atoms with E-state index in [4.69, 9.17) is 11.6 Å². The second kappa shape index (κ2) is 6.86. The third-order valence-corrected chi connectivity index (χ3v) is 2.58. The molecule has 0 bridgehead atoms. The van der Waals surface area contributed by atoms with Gasteiger partial charge in [-0.25, -0.2) is 0 Å². The monoisotopic (exact) mass is 242 g/mol. The molecule has 0 fully saturated rings. The number of hydrogen-bond acceptors (Lipinski definition) is 3. The molecule has 2 N–H and O–H groups in total. The number of aliphatic hydroxyl groups is 1. The fraction of sp³-hybridized carbons (Fsp3) is 0.500. The van der Waals surface area contributed by atoms with Crippen molar-refractivity contribution in [2.45, 2.75) is 6.10 Å². The standard InChI is InChI=1S/C12H19ClN2O/c1-15(2)8-7-14-9-12(16)10-3-5-11(13)6-4-10/h3-6,12,14,16H,7-9H2,1-2H3. The van der Waals surface area contributed by atoms with Crippen molar-refractivity contribution in [3.8, 4) is 0 Å². The second-order valence-corrected chi connectivity index (χ2v) is 4.51. The summed E-state index contributed by atoms with van der Waals surface area (Å²) in [5.41, 5.74) is 0.891. The number of rotatable bonds is 6. The number of halogens is 1. The van der Waals surface area contributed by atoms with Gasteiger partial charge >= 0.3 is 0 Å². The maximum atomic E-state index is 9.86. The lowest BCUT2D eigenvalue weighted by atomic mass is 10.1. The van der Waals surface area contributed by atoms with E-state index >= 15 is 0 Å². The zero-order valence-corrected chi connectivity index (χ0v) is 10.5. The minimum Gasteiger partial charge on any atom is -0.387 e. The van der Waals surface area contributed by atoms with E-state index in [0.29, 0.717) is 11.6 Å². The van der Waals surface area contributed by atoms with Crippen LogP contribution in [0.15, 0.2) is 24.3 Å². The molecule has 0 heterocycles. The van der Waals surface area contributed by atoms with Crippen LogP contribution in [0.5, 0.6) is 0 Å². The third kappa shape index (κ3) is 4.94. The van der Waals surface area contributed by atoms with Crippen LogP contribution in [0.4, 0.5) is 0 Å². The predicted molar refractivity (Wildman–Crippen MR) is 67.8 cm³/mol. The molecular formula is C12H19ClN2O. The molecule has 0 aliphatic rings. The van der Waals surface area contributed by atoms with Crippen molar-refractivity contribution in [2.75, 3.05) is 33.7 Å². The molecule has 4 heteroatoms. The Kier molecular flexibility index (Phi) is 5.77. The summed E-state index contributed by atoms with van der Waals surface area (Å²) >= 11 is 5.78. The van der Waals surface area contributed by atoms with Gasteiger partial charge in [-0.15, -0.1) is 0 Å². The maximum Gasteiger partial charge on any atom is 0.0914 e. The maximum absolute atomic E-state index is 9.86. The molecule has 0 aromatic heterocycles. The molecule has 0 radical (unpaired) electrons. The molecule has 0 amide bonds. The smallest absolute Gasteiger partial charge is 0.0914 e. The molecule has 1 atom stereocenters. The van der Waals surface area contributed by atoms with Crippen LogP contribution in [-0.4, -0.2) is 43.7 Å². The van der Waals surface area contributed by atoms with Crippen LogP contribution in [-0.2, 0) is 0 Å². The van der Waals surface area contributed by atoms with E-state index in [1.165, 1.54) is 0 Å². The fourth-order valence-electron chi connectivity index (χ4n) is 1.34. The molecule has 1 rings (SSSR count). The van der Waals surface area contributed by atoms with E-state index < -0.39 is 6.10 Å². The Morgan fingerprint density at radius 3 is 2.50 bits per heavy atom. The van der Waals surface area contributed by atoms with Crippen molar-refractivity contribution in [2.24, 2.45) is 0 Å². The molecule has 1 aromatic carbocycles. The molecule has 0 aliphatic heterocycles. The van der Waals surface area contributed by atoms with Crippen molar-refractivity contribution >= 4 is 11.6 Å². The predicted octanol–water partition coefficient (Wildman–Crippen LogP) is 1.52. The van der Waals surface area contributed by atoms with Gasteiger partial charge in [0.2, 0.25) is 0 Å². The molecular weight excluding hydrogens is 224 g/mol. The van der Waals surface area contributed by atoms with E-state index in [9.17, 15) is 5.11 Å². The summed E-state index contributed by atoms with van der Waals surface area (Å²) in [7, 11) is 4.05. The van der Waals surface area contributed by atoms with Crippen LogP contribution in [0.2, 0.25) is 5.02 Å². The lowest BCUT2D eigenvalue weighted by Crippen LogP contribution is -2.29. The van der Waals surface area contributed by atoms with Gasteiger partial charge in [-0.2, -0.15) is 0 Å². The molecule has 0 aliphatic carbocycles. The van der Waals surface area contributed by atoms with Gasteiger partial charge in [0, 0.05) is 24.7 Å². The Labute approximate surface area is 102 Å². The SMILES string of the molecule is CN(C)CCNCC(O)c1ccc(Cl)cc1. The Bertz CT molecular complexity index is 300. The number of hydrogen-bond donors (Lipinski definition) is 2. The summed E-state index contributed by atoms with van der Waals surface area (Å²) in [5.74, 6) is 0. The molecule has 0 saturated heterocycles. The highest BCUT2D eigenvalue weighted by molar-refractivity contribution is 6.30. The highest BCUT2D eigenvalue weighted by Gasteiger charge is 2.06. The number of nitrogens with one attached hydrogen (secondary N) is 1. The molecule has 1 aromatic rings. The van der Waals surface area contributed by atoms with E-state index in [1.54, 1.807) is 12.1 Å². The first-order valence-corrected chi connectivity index (χ1v) is 5.76. The zero-order valence-electron chi connectivity index (χ0n) is 9.78. The van der Waals surface area contributed by atoms with E-state index in [-0.39, 0.29) is 0 Å². The molecule has 16 heavy (non-hydrogen) atoms. The van der Waals surface area contributed by atoms with Gasteiger partial charge in [-0.05, 0) is 31.8 Å². The molecule has 1 unspecified atom stereocenters. The Hall–Kier alpha value is -0.610. The van der Waals surface area contributed by atoms with Crippen LogP contribution in [0.1, 0.15) is 11.7 Å².